The normalized spacial score (nSPS) is 15.2. The van der Waals surface area contributed by atoms with Gasteiger partial charge in [0.2, 0.25) is 0 Å². The molecule has 0 unspecified atom stereocenters. The highest BCUT2D eigenvalue weighted by Crippen LogP contribution is 2.36. The number of hydrogen-bond acceptors (Lipinski definition) is 2. The molecule has 0 N–H and O–H groups in total. The summed E-state index contributed by atoms with van der Waals surface area (Å²) < 4.78 is 26.9. The van der Waals surface area contributed by atoms with Crippen molar-refractivity contribution in [3.8, 4) is 0 Å². The van der Waals surface area contributed by atoms with E-state index >= 15 is 0 Å². The molecule has 23 heavy (non-hydrogen) atoms. The molecule has 0 saturated heterocycles. The first-order chi connectivity index (χ1) is 10.9. The van der Waals surface area contributed by atoms with Crippen molar-refractivity contribution in [2.45, 2.75) is 31.6 Å². The fourth-order valence-electron chi connectivity index (χ4n) is 2.88. The van der Waals surface area contributed by atoms with Gasteiger partial charge in [0.25, 0.3) is 5.92 Å². The van der Waals surface area contributed by atoms with Crippen LogP contribution in [-0.4, -0.2) is 15.9 Å². The average molecular weight is 312 g/mol. The largest absolute Gasteiger partial charge is 0.256 e. The lowest BCUT2D eigenvalue weighted by atomic mass is 9.96. The molecule has 0 radical (unpaired) electrons. The molecule has 0 amide bonds. The molecule has 1 aliphatic carbocycles. The Morgan fingerprint density at radius 3 is 2.52 bits per heavy atom. The van der Waals surface area contributed by atoms with Crippen LogP contribution in [0, 0.1) is 0 Å². The van der Waals surface area contributed by atoms with Gasteiger partial charge in [0, 0.05) is 19.0 Å². The molecule has 0 aliphatic heterocycles. The monoisotopic (exact) mass is 312 g/mol. The standard InChI is InChI=1S/C19H18F2N2/c1-13(3-4-14(2)18-7-8-22-12-23-18)15-5-6-16-10-19(20,21)11-17(16)9-15/h5-9,12H,1-4,10-11H2. The van der Waals surface area contributed by atoms with E-state index in [2.05, 4.69) is 23.1 Å². The van der Waals surface area contributed by atoms with Crippen molar-refractivity contribution in [3.05, 3.63) is 72.3 Å². The molecule has 1 aromatic carbocycles. The van der Waals surface area contributed by atoms with Gasteiger partial charge in [-0.25, -0.2) is 18.7 Å². The summed E-state index contributed by atoms with van der Waals surface area (Å²) in [4.78, 5) is 8.05. The maximum atomic E-state index is 13.5. The van der Waals surface area contributed by atoms with E-state index in [-0.39, 0.29) is 12.8 Å². The van der Waals surface area contributed by atoms with Gasteiger partial charge in [-0.05, 0) is 46.7 Å². The van der Waals surface area contributed by atoms with Gasteiger partial charge in [-0.1, -0.05) is 31.4 Å². The summed E-state index contributed by atoms with van der Waals surface area (Å²) in [5.74, 6) is -2.61. The Bertz CT molecular complexity index is 751. The average Bonchev–Trinajstić information content (AvgIpc) is 2.85. The summed E-state index contributed by atoms with van der Waals surface area (Å²) in [6, 6.07) is 7.36. The molecule has 1 aromatic heterocycles. The van der Waals surface area contributed by atoms with E-state index in [4.69, 9.17) is 0 Å². The predicted octanol–water partition coefficient (Wildman–Crippen LogP) is 4.72. The smallest absolute Gasteiger partial charge is 0.245 e. The highest BCUT2D eigenvalue weighted by Gasteiger charge is 2.37. The third-order valence-corrected chi connectivity index (χ3v) is 4.19. The topological polar surface area (TPSA) is 25.8 Å². The van der Waals surface area contributed by atoms with Gasteiger partial charge < -0.3 is 0 Å². The van der Waals surface area contributed by atoms with Crippen LogP contribution in [0.2, 0.25) is 0 Å². The molecule has 0 bridgehead atoms. The zero-order valence-corrected chi connectivity index (χ0v) is 12.9. The van der Waals surface area contributed by atoms with Crippen molar-refractivity contribution < 1.29 is 8.78 Å². The summed E-state index contributed by atoms with van der Waals surface area (Å²) >= 11 is 0. The van der Waals surface area contributed by atoms with E-state index in [1.807, 2.05) is 18.2 Å². The SMILES string of the molecule is C=C(CCC(=C)c1ccncn1)c1ccc2c(c1)CC(F)(F)C2. The van der Waals surface area contributed by atoms with Gasteiger partial charge in [-0.15, -0.1) is 0 Å². The third-order valence-electron chi connectivity index (χ3n) is 4.19. The van der Waals surface area contributed by atoms with E-state index < -0.39 is 5.92 Å². The first-order valence-corrected chi connectivity index (χ1v) is 7.56. The fourth-order valence-corrected chi connectivity index (χ4v) is 2.88. The summed E-state index contributed by atoms with van der Waals surface area (Å²) in [7, 11) is 0. The van der Waals surface area contributed by atoms with Crippen molar-refractivity contribution in [2.75, 3.05) is 0 Å². The Balaban J connectivity index is 1.65. The lowest BCUT2D eigenvalue weighted by Crippen LogP contribution is -2.14. The molecule has 1 aliphatic rings. The van der Waals surface area contributed by atoms with Gasteiger partial charge in [0.05, 0.1) is 5.69 Å². The van der Waals surface area contributed by atoms with E-state index in [0.29, 0.717) is 0 Å². The molecule has 0 fully saturated rings. The van der Waals surface area contributed by atoms with Crippen LogP contribution in [0.4, 0.5) is 8.78 Å². The number of aromatic nitrogens is 2. The van der Waals surface area contributed by atoms with Crippen molar-refractivity contribution in [3.63, 3.8) is 0 Å². The lowest BCUT2D eigenvalue weighted by molar-refractivity contribution is 0.0130. The number of halogens is 2. The van der Waals surface area contributed by atoms with Crippen LogP contribution >= 0.6 is 0 Å². The zero-order chi connectivity index (χ0) is 16.4. The highest BCUT2D eigenvalue weighted by molar-refractivity contribution is 5.68. The molecule has 0 saturated carbocycles. The van der Waals surface area contributed by atoms with Crippen LogP contribution in [0.1, 0.15) is 35.2 Å². The molecule has 0 atom stereocenters. The van der Waals surface area contributed by atoms with Gasteiger partial charge in [0.15, 0.2) is 0 Å². The minimum absolute atomic E-state index is 0.153. The van der Waals surface area contributed by atoms with E-state index in [1.54, 1.807) is 12.3 Å². The Hall–Kier alpha value is -2.36. The van der Waals surface area contributed by atoms with Crippen LogP contribution < -0.4 is 0 Å². The van der Waals surface area contributed by atoms with Crippen LogP contribution in [-0.2, 0) is 12.8 Å². The number of fused-ring (bicyclic) bond motifs is 1. The number of nitrogens with zero attached hydrogens (tertiary/aromatic N) is 2. The summed E-state index contributed by atoms with van der Waals surface area (Å²) in [5.41, 5.74) is 5.08. The number of rotatable bonds is 5. The Morgan fingerprint density at radius 1 is 1.04 bits per heavy atom. The minimum atomic E-state index is -2.61. The van der Waals surface area contributed by atoms with Gasteiger partial charge >= 0.3 is 0 Å². The Kier molecular flexibility index (Phi) is 4.07. The molecular formula is C19H18F2N2. The molecular weight excluding hydrogens is 294 g/mol. The zero-order valence-electron chi connectivity index (χ0n) is 12.9. The van der Waals surface area contributed by atoms with Gasteiger partial charge in [-0.2, -0.15) is 0 Å². The molecule has 118 valence electrons. The maximum Gasteiger partial charge on any atom is 0.256 e. The van der Waals surface area contributed by atoms with Crippen LogP contribution in [0.3, 0.4) is 0 Å². The molecule has 0 spiro atoms. The molecule has 2 aromatic rings. The number of allylic oxidation sites excluding steroid dienone is 2. The highest BCUT2D eigenvalue weighted by atomic mass is 19.3. The number of alkyl halides is 2. The fraction of sp³-hybridized carbons (Fsp3) is 0.263. The summed E-state index contributed by atoms with van der Waals surface area (Å²) in [5, 5.41) is 0. The second-order valence-corrected chi connectivity index (χ2v) is 5.99. The second kappa shape index (κ2) is 6.03. The number of hydrogen-bond donors (Lipinski definition) is 0. The van der Waals surface area contributed by atoms with Crippen molar-refractivity contribution in [1.82, 2.24) is 9.97 Å². The molecule has 3 rings (SSSR count). The van der Waals surface area contributed by atoms with Crippen molar-refractivity contribution >= 4 is 11.1 Å². The van der Waals surface area contributed by atoms with Crippen molar-refractivity contribution in [1.29, 1.82) is 0 Å². The summed E-state index contributed by atoms with van der Waals surface area (Å²) in [6.07, 6.45) is 4.30. The van der Waals surface area contributed by atoms with Crippen LogP contribution in [0.25, 0.3) is 11.1 Å². The second-order valence-electron chi connectivity index (χ2n) is 5.99. The van der Waals surface area contributed by atoms with Gasteiger partial charge in [-0.3, -0.25) is 0 Å². The maximum absolute atomic E-state index is 13.5. The number of benzene rings is 1. The van der Waals surface area contributed by atoms with E-state index in [0.717, 1.165) is 46.4 Å². The molecule has 2 nitrogen and oxygen atoms in total. The predicted molar refractivity (Wildman–Crippen MR) is 88.1 cm³/mol. The molecule has 4 heteroatoms. The van der Waals surface area contributed by atoms with Gasteiger partial charge in [0.1, 0.15) is 6.33 Å². The first kappa shape index (κ1) is 15.5. The van der Waals surface area contributed by atoms with Crippen LogP contribution in [0.15, 0.2) is 49.9 Å². The lowest BCUT2D eigenvalue weighted by Gasteiger charge is -2.09. The van der Waals surface area contributed by atoms with Crippen molar-refractivity contribution in [2.24, 2.45) is 0 Å². The van der Waals surface area contributed by atoms with Crippen LogP contribution in [0.5, 0.6) is 0 Å². The van der Waals surface area contributed by atoms with E-state index in [1.165, 1.54) is 6.33 Å². The molecule has 1 heterocycles. The first-order valence-electron chi connectivity index (χ1n) is 7.56. The third kappa shape index (κ3) is 3.52. The summed E-state index contributed by atoms with van der Waals surface area (Å²) in [6.45, 7) is 8.13. The van der Waals surface area contributed by atoms with E-state index in [9.17, 15) is 8.78 Å². The quantitative estimate of drug-likeness (QED) is 0.798. The Morgan fingerprint density at radius 2 is 1.78 bits per heavy atom. The Labute approximate surface area is 134 Å². The minimum Gasteiger partial charge on any atom is -0.245 e.